The van der Waals surface area contributed by atoms with Gasteiger partial charge in [-0.3, -0.25) is 10.1 Å². The van der Waals surface area contributed by atoms with Crippen molar-refractivity contribution in [3.05, 3.63) is 42.2 Å². The van der Waals surface area contributed by atoms with Crippen molar-refractivity contribution < 1.29 is 9.53 Å². The third kappa shape index (κ3) is 3.38. The van der Waals surface area contributed by atoms with Crippen molar-refractivity contribution in [3.8, 4) is 5.69 Å². The van der Waals surface area contributed by atoms with Gasteiger partial charge in [-0.1, -0.05) is 23.4 Å². The van der Waals surface area contributed by atoms with E-state index in [1.807, 2.05) is 43.5 Å². The number of benzene rings is 1. The lowest BCUT2D eigenvalue weighted by atomic mass is 10.2. The number of methoxy groups -OCH3 is 1. The molecule has 2 rings (SSSR count). The second-order valence-electron chi connectivity index (χ2n) is 4.10. The number of ether oxygens (including phenoxy) is 1. The fourth-order valence-electron chi connectivity index (χ4n) is 1.60. The van der Waals surface area contributed by atoms with Crippen molar-refractivity contribution in [1.82, 2.24) is 20.3 Å². The highest BCUT2D eigenvalue weighted by molar-refractivity contribution is 5.71. The van der Waals surface area contributed by atoms with Crippen LogP contribution in [0.1, 0.15) is 18.7 Å². The van der Waals surface area contributed by atoms with Crippen LogP contribution in [0.4, 0.5) is 0 Å². The Morgan fingerprint density at radius 1 is 1.42 bits per heavy atom. The molecule has 0 radical (unpaired) electrons. The molecule has 6 heteroatoms. The molecule has 1 unspecified atom stereocenters. The normalized spacial score (nSPS) is 12.1. The van der Waals surface area contributed by atoms with Gasteiger partial charge in [-0.2, -0.15) is 0 Å². The first-order valence-electron chi connectivity index (χ1n) is 5.98. The molecule has 1 heterocycles. The molecule has 0 fully saturated rings. The molecule has 0 aliphatic rings. The SMILES string of the molecule is COC(=O)CNC(C)c1cn(-c2ccccc2)nn1. The third-order valence-corrected chi connectivity index (χ3v) is 2.76. The molecule has 1 atom stereocenters. The molecule has 6 nitrogen and oxygen atoms in total. The van der Waals surface area contributed by atoms with E-state index < -0.39 is 0 Å². The smallest absolute Gasteiger partial charge is 0.319 e. The van der Waals surface area contributed by atoms with E-state index in [2.05, 4.69) is 20.4 Å². The number of carbonyl (C=O) groups excluding carboxylic acids is 1. The maximum atomic E-state index is 11.0. The second-order valence-corrected chi connectivity index (χ2v) is 4.10. The van der Waals surface area contributed by atoms with Gasteiger partial charge in [0.05, 0.1) is 37.3 Å². The average Bonchev–Trinajstić information content (AvgIpc) is 2.95. The van der Waals surface area contributed by atoms with Gasteiger partial charge in [0.25, 0.3) is 0 Å². The van der Waals surface area contributed by atoms with Gasteiger partial charge in [-0.15, -0.1) is 5.10 Å². The van der Waals surface area contributed by atoms with E-state index in [0.717, 1.165) is 11.4 Å². The molecule has 0 bridgehead atoms. The predicted octanol–water partition coefficient (Wildman–Crippen LogP) is 1.09. The molecule has 0 aliphatic heterocycles. The lowest BCUT2D eigenvalue weighted by Gasteiger charge is -2.08. The monoisotopic (exact) mass is 260 g/mol. The van der Waals surface area contributed by atoms with Gasteiger partial charge in [0.1, 0.15) is 0 Å². The van der Waals surface area contributed by atoms with Gasteiger partial charge in [-0.05, 0) is 19.1 Å². The number of rotatable bonds is 5. The summed E-state index contributed by atoms with van der Waals surface area (Å²) in [4.78, 5) is 11.0. The predicted molar refractivity (Wildman–Crippen MR) is 69.8 cm³/mol. The summed E-state index contributed by atoms with van der Waals surface area (Å²) in [6.45, 7) is 2.07. The highest BCUT2D eigenvalue weighted by Crippen LogP contribution is 2.11. The first kappa shape index (κ1) is 13.2. The van der Waals surface area contributed by atoms with Crippen molar-refractivity contribution >= 4 is 5.97 Å². The Labute approximate surface area is 111 Å². The third-order valence-electron chi connectivity index (χ3n) is 2.76. The summed E-state index contributed by atoms with van der Waals surface area (Å²) < 4.78 is 6.27. The molecule has 100 valence electrons. The summed E-state index contributed by atoms with van der Waals surface area (Å²) in [6.07, 6.45) is 1.84. The highest BCUT2D eigenvalue weighted by Gasteiger charge is 2.11. The van der Waals surface area contributed by atoms with Crippen LogP contribution in [0, 0.1) is 0 Å². The van der Waals surface area contributed by atoms with Crippen LogP contribution in [0.5, 0.6) is 0 Å². The number of para-hydroxylation sites is 1. The molecule has 0 spiro atoms. The topological polar surface area (TPSA) is 69.0 Å². The zero-order valence-electron chi connectivity index (χ0n) is 10.9. The standard InChI is InChI=1S/C13H16N4O2/c1-10(14-8-13(18)19-2)12-9-17(16-15-12)11-6-4-3-5-7-11/h3-7,9-10,14H,8H2,1-2H3. The fraction of sp³-hybridized carbons (Fsp3) is 0.308. The minimum Gasteiger partial charge on any atom is -0.468 e. The molecule has 2 aromatic rings. The van der Waals surface area contributed by atoms with E-state index in [-0.39, 0.29) is 18.6 Å². The van der Waals surface area contributed by atoms with Gasteiger partial charge in [0, 0.05) is 0 Å². The quantitative estimate of drug-likeness (QED) is 0.815. The number of nitrogens with one attached hydrogen (secondary N) is 1. The Balaban J connectivity index is 2.03. The Bertz CT molecular complexity index is 539. The molecule has 0 saturated heterocycles. The van der Waals surface area contributed by atoms with Gasteiger partial charge in [0.2, 0.25) is 0 Å². The Morgan fingerprint density at radius 3 is 2.84 bits per heavy atom. The van der Waals surface area contributed by atoms with E-state index >= 15 is 0 Å². The van der Waals surface area contributed by atoms with E-state index in [9.17, 15) is 4.79 Å². The van der Waals surface area contributed by atoms with Gasteiger partial charge in [-0.25, -0.2) is 4.68 Å². The van der Waals surface area contributed by atoms with E-state index in [0.29, 0.717) is 0 Å². The molecule has 1 aromatic carbocycles. The first-order chi connectivity index (χ1) is 9.20. The second kappa shape index (κ2) is 6.10. The van der Waals surface area contributed by atoms with Crippen LogP contribution in [-0.4, -0.2) is 34.6 Å². The molecule has 1 N–H and O–H groups in total. The zero-order valence-corrected chi connectivity index (χ0v) is 10.9. The summed E-state index contributed by atoms with van der Waals surface area (Å²) in [7, 11) is 1.36. The van der Waals surface area contributed by atoms with Crippen molar-refractivity contribution in [3.63, 3.8) is 0 Å². The van der Waals surface area contributed by atoms with Gasteiger partial charge < -0.3 is 4.74 Å². The number of hydrogen-bond donors (Lipinski definition) is 1. The summed E-state index contributed by atoms with van der Waals surface area (Å²) in [6, 6.07) is 9.65. The molecular formula is C13H16N4O2. The maximum absolute atomic E-state index is 11.0. The fourth-order valence-corrected chi connectivity index (χ4v) is 1.60. The largest absolute Gasteiger partial charge is 0.468 e. The van der Waals surface area contributed by atoms with Crippen molar-refractivity contribution in [2.24, 2.45) is 0 Å². The maximum Gasteiger partial charge on any atom is 0.319 e. The Hall–Kier alpha value is -2.21. The van der Waals surface area contributed by atoms with E-state index in [1.54, 1.807) is 4.68 Å². The first-order valence-corrected chi connectivity index (χ1v) is 5.98. The number of aromatic nitrogens is 3. The van der Waals surface area contributed by atoms with Crippen LogP contribution in [-0.2, 0) is 9.53 Å². The number of esters is 1. The zero-order chi connectivity index (χ0) is 13.7. The van der Waals surface area contributed by atoms with Crippen LogP contribution in [0.2, 0.25) is 0 Å². The molecule has 0 aliphatic carbocycles. The number of hydrogen-bond acceptors (Lipinski definition) is 5. The number of carbonyl (C=O) groups is 1. The van der Waals surface area contributed by atoms with Crippen molar-refractivity contribution in [1.29, 1.82) is 0 Å². The summed E-state index contributed by atoms with van der Waals surface area (Å²) in [5.41, 5.74) is 1.72. The number of nitrogens with zero attached hydrogens (tertiary/aromatic N) is 3. The van der Waals surface area contributed by atoms with Gasteiger partial charge >= 0.3 is 5.97 Å². The lowest BCUT2D eigenvalue weighted by Crippen LogP contribution is -2.26. The van der Waals surface area contributed by atoms with Gasteiger partial charge in [0.15, 0.2) is 0 Å². The summed E-state index contributed by atoms with van der Waals surface area (Å²) in [5, 5.41) is 11.2. The van der Waals surface area contributed by atoms with E-state index in [4.69, 9.17) is 0 Å². The average molecular weight is 260 g/mol. The molecular weight excluding hydrogens is 244 g/mol. The minimum atomic E-state index is -0.303. The molecule has 19 heavy (non-hydrogen) atoms. The molecule has 1 aromatic heterocycles. The molecule has 0 amide bonds. The van der Waals surface area contributed by atoms with Crippen molar-refractivity contribution in [2.75, 3.05) is 13.7 Å². The lowest BCUT2D eigenvalue weighted by molar-refractivity contribution is -0.139. The van der Waals surface area contributed by atoms with Crippen LogP contribution in [0.15, 0.2) is 36.5 Å². The minimum absolute atomic E-state index is 0.0726. The van der Waals surface area contributed by atoms with Crippen molar-refractivity contribution in [2.45, 2.75) is 13.0 Å². The summed E-state index contributed by atoms with van der Waals surface area (Å²) in [5.74, 6) is -0.303. The highest BCUT2D eigenvalue weighted by atomic mass is 16.5. The summed E-state index contributed by atoms with van der Waals surface area (Å²) >= 11 is 0. The van der Waals surface area contributed by atoms with E-state index in [1.165, 1.54) is 7.11 Å². The van der Waals surface area contributed by atoms with Crippen LogP contribution >= 0.6 is 0 Å². The van der Waals surface area contributed by atoms with Crippen LogP contribution < -0.4 is 5.32 Å². The van der Waals surface area contributed by atoms with Crippen LogP contribution in [0.3, 0.4) is 0 Å². The Morgan fingerprint density at radius 2 is 2.16 bits per heavy atom. The Kier molecular flexibility index (Phi) is 4.25. The van der Waals surface area contributed by atoms with Crippen LogP contribution in [0.25, 0.3) is 5.69 Å². The molecule has 0 saturated carbocycles.